The Hall–Kier alpha value is -2.46. The Morgan fingerprint density at radius 2 is 2.00 bits per heavy atom. The molecule has 8 nitrogen and oxygen atoms in total. The number of nitrogens with one attached hydrogen (secondary N) is 1. The van der Waals surface area contributed by atoms with Gasteiger partial charge in [0.05, 0.1) is 5.75 Å². The lowest BCUT2D eigenvalue weighted by Crippen LogP contribution is -2.14. The van der Waals surface area contributed by atoms with Crippen LogP contribution >= 0.6 is 23.1 Å². The lowest BCUT2D eigenvalue weighted by molar-refractivity contribution is -0.113. The molecule has 0 radical (unpaired) electrons. The predicted molar refractivity (Wildman–Crippen MR) is 110 cm³/mol. The number of amides is 1. The SMILES string of the molecule is CC(C)Cc1nnc(NC(=O)CSc2nnc(COc3ccccc3)n2C)s1. The van der Waals surface area contributed by atoms with Crippen LogP contribution in [0.15, 0.2) is 35.5 Å². The van der Waals surface area contributed by atoms with Crippen LogP contribution in [0.25, 0.3) is 0 Å². The standard InChI is InChI=1S/C18H22N6O2S2/c1-12(2)9-16-21-22-17(28-16)19-15(25)11-27-18-23-20-14(24(18)3)10-26-13-7-5-4-6-8-13/h4-8,12H,9-11H2,1-3H3,(H,19,22,25). The quantitative estimate of drug-likeness (QED) is 0.533. The predicted octanol–water partition coefficient (Wildman–Crippen LogP) is 3.17. The van der Waals surface area contributed by atoms with Gasteiger partial charge in [-0.15, -0.1) is 20.4 Å². The first-order valence-corrected chi connectivity index (χ1v) is 10.6. The Morgan fingerprint density at radius 1 is 1.21 bits per heavy atom. The number of benzene rings is 1. The van der Waals surface area contributed by atoms with Gasteiger partial charge >= 0.3 is 0 Å². The van der Waals surface area contributed by atoms with Gasteiger partial charge in [0.1, 0.15) is 17.4 Å². The summed E-state index contributed by atoms with van der Waals surface area (Å²) in [5.74, 6) is 2.03. The van der Waals surface area contributed by atoms with E-state index in [0.717, 1.165) is 17.2 Å². The number of anilines is 1. The highest BCUT2D eigenvalue weighted by atomic mass is 32.2. The molecule has 2 heterocycles. The van der Waals surface area contributed by atoms with Gasteiger partial charge in [0.15, 0.2) is 11.0 Å². The Kier molecular flexibility index (Phi) is 6.99. The summed E-state index contributed by atoms with van der Waals surface area (Å²) < 4.78 is 7.52. The minimum absolute atomic E-state index is 0.151. The maximum atomic E-state index is 12.2. The van der Waals surface area contributed by atoms with Crippen molar-refractivity contribution in [2.24, 2.45) is 13.0 Å². The van der Waals surface area contributed by atoms with E-state index >= 15 is 0 Å². The Balaban J connectivity index is 1.48. The lowest BCUT2D eigenvalue weighted by atomic mass is 10.1. The summed E-state index contributed by atoms with van der Waals surface area (Å²) in [6, 6.07) is 9.53. The topological polar surface area (TPSA) is 94.8 Å². The molecule has 1 aromatic carbocycles. The van der Waals surface area contributed by atoms with Gasteiger partial charge in [-0.05, 0) is 18.1 Å². The number of hydrogen-bond acceptors (Lipinski definition) is 8. The van der Waals surface area contributed by atoms with Gasteiger partial charge in [0, 0.05) is 13.5 Å². The molecule has 0 aliphatic carbocycles. The maximum Gasteiger partial charge on any atom is 0.236 e. The van der Waals surface area contributed by atoms with Crippen molar-refractivity contribution in [1.29, 1.82) is 0 Å². The third kappa shape index (κ3) is 5.77. The first-order valence-electron chi connectivity index (χ1n) is 8.82. The van der Waals surface area contributed by atoms with E-state index in [4.69, 9.17) is 4.74 Å². The molecule has 2 aromatic heterocycles. The van der Waals surface area contributed by atoms with Crippen LogP contribution < -0.4 is 10.1 Å². The number of thioether (sulfide) groups is 1. The number of carbonyl (C=O) groups excluding carboxylic acids is 1. The molecule has 0 aliphatic rings. The number of rotatable bonds is 9. The molecule has 148 valence electrons. The highest BCUT2D eigenvalue weighted by Gasteiger charge is 2.14. The molecule has 0 saturated carbocycles. The molecule has 1 amide bonds. The number of nitrogens with zero attached hydrogens (tertiary/aromatic N) is 5. The summed E-state index contributed by atoms with van der Waals surface area (Å²) in [4.78, 5) is 12.2. The van der Waals surface area contributed by atoms with Crippen molar-refractivity contribution in [2.75, 3.05) is 11.1 Å². The number of para-hydroxylation sites is 1. The second kappa shape index (κ2) is 9.65. The molecular weight excluding hydrogens is 396 g/mol. The number of carbonyl (C=O) groups is 1. The van der Waals surface area contributed by atoms with Crippen molar-refractivity contribution >= 4 is 34.1 Å². The van der Waals surface area contributed by atoms with E-state index in [9.17, 15) is 4.79 Å². The van der Waals surface area contributed by atoms with Gasteiger partial charge in [-0.1, -0.05) is 55.1 Å². The third-order valence-corrected chi connectivity index (χ3v) is 5.55. The zero-order valence-corrected chi connectivity index (χ0v) is 17.6. The summed E-state index contributed by atoms with van der Waals surface area (Å²) in [6.45, 7) is 4.55. The first kappa shape index (κ1) is 20.3. The monoisotopic (exact) mass is 418 g/mol. The van der Waals surface area contributed by atoms with Gasteiger partial charge < -0.3 is 9.30 Å². The van der Waals surface area contributed by atoms with Crippen LogP contribution in [0.5, 0.6) is 5.75 Å². The number of ether oxygens (including phenoxy) is 1. The minimum Gasteiger partial charge on any atom is -0.486 e. The van der Waals surface area contributed by atoms with E-state index < -0.39 is 0 Å². The van der Waals surface area contributed by atoms with E-state index in [-0.39, 0.29) is 11.7 Å². The van der Waals surface area contributed by atoms with Crippen LogP contribution in [-0.2, 0) is 24.9 Å². The summed E-state index contributed by atoms with van der Waals surface area (Å²) in [6.07, 6.45) is 0.856. The summed E-state index contributed by atoms with van der Waals surface area (Å²) in [5, 5.41) is 21.3. The van der Waals surface area contributed by atoms with Crippen molar-refractivity contribution in [2.45, 2.75) is 32.0 Å². The lowest BCUT2D eigenvalue weighted by Gasteiger charge is -2.06. The van der Waals surface area contributed by atoms with Gasteiger partial charge in [0.2, 0.25) is 11.0 Å². The molecule has 0 saturated heterocycles. The fraction of sp³-hybridized carbons (Fsp3) is 0.389. The molecule has 0 spiro atoms. The van der Waals surface area contributed by atoms with E-state index in [2.05, 4.69) is 39.6 Å². The second-order valence-corrected chi connectivity index (χ2v) is 8.50. The molecule has 0 atom stereocenters. The minimum atomic E-state index is -0.151. The molecule has 3 aromatic rings. The molecule has 0 unspecified atom stereocenters. The van der Waals surface area contributed by atoms with Crippen LogP contribution in [0, 0.1) is 5.92 Å². The summed E-state index contributed by atoms with van der Waals surface area (Å²) in [7, 11) is 1.85. The summed E-state index contributed by atoms with van der Waals surface area (Å²) >= 11 is 2.72. The normalized spacial score (nSPS) is 11.0. The molecule has 10 heteroatoms. The fourth-order valence-electron chi connectivity index (χ4n) is 2.28. The third-order valence-electron chi connectivity index (χ3n) is 3.66. The second-order valence-electron chi connectivity index (χ2n) is 6.50. The maximum absolute atomic E-state index is 12.2. The van der Waals surface area contributed by atoms with Crippen molar-refractivity contribution in [1.82, 2.24) is 25.0 Å². The first-order chi connectivity index (χ1) is 13.5. The van der Waals surface area contributed by atoms with Crippen LogP contribution in [0.1, 0.15) is 24.7 Å². The van der Waals surface area contributed by atoms with Crippen molar-refractivity contribution < 1.29 is 9.53 Å². The van der Waals surface area contributed by atoms with Crippen molar-refractivity contribution in [3.63, 3.8) is 0 Å². The van der Waals surface area contributed by atoms with Crippen molar-refractivity contribution in [3.8, 4) is 5.75 Å². The van der Waals surface area contributed by atoms with Crippen LogP contribution in [0.4, 0.5) is 5.13 Å². The number of aromatic nitrogens is 5. The largest absolute Gasteiger partial charge is 0.486 e. The molecule has 1 N–H and O–H groups in total. The van der Waals surface area contributed by atoms with Gasteiger partial charge in [0.25, 0.3) is 0 Å². The molecular formula is C18H22N6O2S2. The number of hydrogen-bond donors (Lipinski definition) is 1. The zero-order valence-electron chi connectivity index (χ0n) is 16.0. The van der Waals surface area contributed by atoms with E-state index in [1.165, 1.54) is 23.1 Å². The smallest absolute Gasteiger partial charge is 0.236 e. The summed E-state index contributed by atoms with van der Waals surface area (Å²) in [5.41, 5.74) is 0. The van der Waals surface area contributed by atoms with E-state index in [1.807, 2.05) is 41.9 Å². The molecule has 3 rings (SSSR count). The average molecular weight is 419 g/mol. The fourth-order valence-corrected chi connectivity index (χ4v) is 3.98. The Labute approximate surface area is 171 Å². The molecule has 0 aliphatic heterocycles. The van der Waals surface area contributed by atoms with Crippen LogP contribution in [0.2, 0.25) is 0 Å². The molecule has 28 heavy (non-hydrogen) atoms. The zero-order chi connectivity index (χ0) is 19.9. The molecule has 0 bridgehead atoms. The Bertz CT molecular complexity index is 910. The Morgan fingerprint density at radius 3 is 2.75 bits per heavy atom. The van der Waals surface area contributed by atoms with Crippen LogP contribution in [0.3, 0.4) is 0 Å². The highest BCUT2D eigenvalue weighted by Crippen LogP contribution is 2.20. The average Bonchev–Trinajstić information content (AvgIpc) is 3.25. The van der Waals surface area contributed by atoms with Crippen LogP contribution in [-0.4, -0.2) is 36.6 Å². The van der Waals surface area contributed by atoms with Gasteiger partial charge in [-0.25, -0.2) is 0 Å². The van der Waals surface area contributed by atoms with Crippen molar-refractivity contribution in [3.05, 3.63) is 41.2 Å². The van der Waals surface area contributed by atoms with Gasteiger partial charge in [-0.3, -0.25) is 10.1 Å². The highest BCUT2D eigenvalue weighted by molar-refractivity contribution is 7.99. The van der Waals surface area contributed by atoms with E-state index in [0.29, 0.717) is 28.6 Å². The molecule has 0 fully saturated rings. The van der Waals surface area contributed by atoms with Gasteiger partial charge in [-0.2, -0.15) is 0 Å². The van der Waals surface area contributed by atoms with E-state index in [1.54, 1.807) is 0 Å².